The molecule has 3 heteroatoms. The standard InChI is InChI=1S/C32H24BrNO/c33-29-18-16-27(17-19-29)32(35)22-30-20-28(25-12-6-2-7-13-25)21-31(26-14-8-3-9-15-26)34(30)23-24-10-4-1-5-11-24/h1-22H,23H2/b30-22+. The van der Waals surface area contributed by atoms with E-state index in [1.54, 1.807) is 6.08 Å². The summed E-state index contributed by atoms with van der Waals surface area (Å²) in [5, 5.41) is 0. The van der Waals surface area contributed by atoms with Gasteiger partial charge in [0.2, 0.25) is 0 Å². The maximum atomic E-state index is 13.3. The summed E-state index contributed by atoms with van der Waals surface area (Å²) in [6, 6.07) is 38.5. The Kier molecular flexibility index (Phi) is 6.87. The molecule has 2 nitrogen and oxygen atoms in total. The average molecular weight is 518 g/mol. The Morgan fingerprint density at radius 2 is 1.26 bits per heavy atom. The number of halogens is 1. The monoisotopic (exact) mass is 517 g/mol. The van der Waals surface area contributed by atoms with Gasteiger partial charge in [-0.25, -0.2) is 0 Å². The molecule has 0 bridgehead atoms. The highest BCUT2D eigenvalue weighted by atomic mass is 79.9. The number of carbonyl (C=O) groups is 1. The van der Waals surface area contributed by atoms with Gasteiger partial charge in [0.05, 0.1) is 0 Å². The summed E-state index contributed by atoms with van der Waals surface area (Å²) in [5.41, 5.74) is 7.05. The molecular weight excluding hydrogens is 494 g/mol. The van der Waals surface area contributed by atoms with E-state index < -0.39 is 0 Å². The van der Waals surface area contributed by atoms with Crippen LogP contribution in [0.3, 0.4) is 0 Å². The van der Waals surface area contributed by atoms with Gasteiger partial charge >= 0.3 is 0 Å². The third kappa shape index (κ3) is 5.42. The maximum absolute atomic E-state index is 13.3. The van der Waals surface area contributed by atoms with Crippen LogP contribution in [-0.4, -0.2) is 10.7 Å². The quantitative estimate of drug-likeness (QED) is 0.190. The van der Waals surface area contributed by atoms with Crippen LogP contribution in [0, 0.1) is 0 Å². The Labute approximate surface area is 214 Å². The van der Waals surface area contributed by atoms with Gasteiger partial charge in [-0.15, -0.1) is 0 Å². The van der Waals surface area contributed by atoms with Crippen molar-refractivity contribution in [2.75, 3.05) is 0 Å². The second-order valence-electron chi connectivity index (χ2n) is 8.37. The molecule has 0 spiro atoms. The van der Waals surface area contributed by atoms with Crippen molar-refractivity contribution in [1.29, 1.82) is 0 Å². The number of rotatable bonds is 6. The smallest absolute Gasteiger partial charge is 0.187 e. The van der Waals surface area contributed by atoms with Crippen LogP contribution < -0.4 is 0 Å². The molecule has 0 amide bonds. The van der Waals surface area contributed by atoms with E-state index in [1.165, 1.54) is 5.56 Å². The van der Waals surface area contributed by atoms with Crippen molar-refractivity contribution in [2.45, 2.75) is 6.54 Å². The van der Waals surface area contributed by atoms with Gasteiger partial charge < -0.3 is 4.90 Å². The molecular formula is C32H24BrNO. The molecule has 1 aliphatic rings. The molecule has 1 aliphatic heterocycles. The number of ketones is 1. The SMILES string of the molecule is O=C(/C=C1\C=C(c2ccccc2)C=C(c2ccccc2)N1Cc1ccccc1)c1ccc(Br)cc1. The number of nitrogens with zero attached hydrogens (tertiary/aromatic N) is 1. The minimum absolute atomic E-state index is 0.0245. The topological polar surface area (TPSA) is 20.3 Å². The van der Waals surface area contributed by atoms with E-state index in [1.807, 2.05) is 78.9 Å². The first-order valence-corrected chi connectivity index (χ1v) is 12.3. The molecule has 1 heterocycles. The first-order chi connectivity index (χ1) is 17.2. The van der Waals surface area contributed by atoms with Gasteiger partial charge in [-0.05, 0) is 58.7 Å². The molecule has 0 unspecified atom stereocenters. The minimum atomic E-state index is -0.0245. The molecule has 0 saturated carbocycles. The minimum Gasteiger partial charge on any atom is -0.336 e. The number of benzene rings is 4. The van der Waals surface area contributed by atoms with Crippen molar-refractivity contribution in [2.24, 2.45) is 0 Å². The fourth-order valence-electron chi connectivity index (χ4n) is 4.18. The molecule has 0 aromatic heterocycles. The van der Waals surface area contributed by atoms with Crippen molar-refractivity contribution in [3.05, 3.63) is 166 Å². The summed E-state index contributed by atoms with van der Waals surface area (Å²) in [7, 11) is 0. The fourth-order valence-corrected chi connectivity index (χ4v) is 4.45. The van der Waals surface area contributed by atoms with E-state index in [4.69, 9.17) is 0 Å². The molecule has 0 radical (unpaired) electrons. The van der Waals surface area contributed by atoms with Gasteiger partial charge in [0.25, 0.3) is 0 Å². The summed E-state index contributed by atoms with van der Waals surface area (Å²) in [6.45, 7) is 0.652. The zero-order valence-electron chi connectivity index (χ0n) is 19.1. The normalized spacial score (nSPS) is 14.4. The first-order valence-electron chi connectivity index (χ1n) is 11.5. The summed E-state index contributed by atoms with van der Waals surface area (Å²) in [4.78, 5) is 15.6. The van der Waals surface area contributed by atoms with Crippen molar-refractivity contribution >= 4 is 33.0 Å². The van der Waals surface area contributed by atoms with Gasteiger partial charge in [-0.3, -0.25) is 4.79 Å². The van der Waals surface area contributed by atoms with E-state index in [-0.39, 0.29) is 5.78 Å². The van der Waals surface area contributed by atoms with Crippen LogP contribution in [0.2, 0.25) is 0 Å². The van der Waals surface area contributed by atoms with Gasteiger partial charge in [-0.1, -0.05) is 107 Å². The third-order valence-corrected chi connectivity index (χ3v) is 6.49. The second-order valence-corrected chi connectivity index (χ2v) is 9.29. The number of hydrogen-bond acceptors (Lipinski definition) is 2. The Morgan fingerprint density at radius 3 is 1.89 bits per heavy atom. The Bertz CT molecular complexity index is 1400. The molecule has 0 N–H and O–H groups in total. The van der Waals surface area contributed by atoms with E-state index in [2.05, 4.69) is 69.4 Å². The van der Waals surface area contributed by atoms with Crippen LogP contribution in [0.4, 0.5) is 0 Å². The largest absolute Gasteiger partial charge is 0.336 e. The molecule has 0 fully saturated rings. The molecule has 4 aromatic carbocycles. The molecule has 0 atom stereocenters. The van der Waals surface area contributed by atoms with E-state index >= 15 is 0 Å². The van der Waals surface area contributed by atoms with Crippen LogP contribution in [-0.2, 0) is 6.54 Å². The zero-order chi connectivity index (χ0) is 24.0. The van der Waals surface area contributed by atoms with Crippen molar-refractivity contribution in [3.63, 3.8) is 0 Å². The fraction of sp³-hybridized carbons (Fsp3) is 0.0312. The van der Waals surface area contributed by atoms with Gasteiger partial charge in [0.1, 0.15) is 0 Å². The summed E-state index contributed by atoms with van der Waals surface area (Å²) in [6.07, 6.45) is 6.08. The van der Waals surface area contributed by atoms with E-state index in [0.29, 0.717) is 12.1 Å². The molecule has 0 saturated heterocycles. The van der Waals surface area contributed by atoms with Crippen molar-refractivity contribution < 1.29 is 4.79 Å². The Morgan fingerprint density at radius 1 is 0.686 bits per heavy atom. The van der Waals surface area contributed by atoms with Gasteiger partial charge in [0, 0.05) is 34.1 Å². The summed E-state index contributed by atoms with van der Waals surface area (Å²) >= 11 is 3.46. The number of allylic oxidation sites excluding steroid dienone is 4. The highest BCUT2D eigenvalue weighted by molar-refractivity contribution is 9.10. The van der Waals surface area contributed by atoms with Crippen molar-refractivity contribution in [1.82, 2.24) is 4.90 Å². The summed E-state index contributed by atoms with van der Waals surface area (Å²) < 4.78 is 0.950. The highest BCUT2D eigenvalue weighted by Gasteiger charge is 2.22. The molecule has 4 aromatic rings. The highest BCUT2D eigenvalue weighted by Crippen LogP contribution is 2.36. The number of hydrogen-bond donors (Lipinski definition) is 0. The second kappa shape index (κ2) is 10.5. The molecule has 5 rings (SSSR count). The third-order valence-electron chi connectivity index (χ3n) is 5.97. The van der Waals surface area contributed by atoms with Gasteiger partial charge in [-0.2, -0.15) is 0 Å². The first kappa shape index (κ1) is 22.8. The Balaban J connectivity index is 1.65. The molecule has 0 aliphatic carbocycles. The lowest BCUT2D eigenvalue weighted by atomic mass is 9.95. The van der Waals surface area contributed by atoms with Crippen LogP contribution in [0.15, 0.2) is 144 Å². The van der Waals surface area contributed by atoms with Crippen LogP contribution in [0.1, 0.15) is 27.0 Å². The predicted octanol–water partition coefficient (Wildman–Crippen LogP) is 8.16. The van der Waals surface area contributed by atoms with Crippen LogP contribution >= 0.6 is 15.9 Å². The van der Waals surface area contributed by atoms with Gasteiger partial charge in [0.15, 0.2) is 5.78 Å². The number of carbonyl (C=O) groups excluding carboxylic acids is 1. The van der Waals surface area contributed by atoms with Crippen molar-refractivity contribution in [3.8, 4) is 0 Å². The average Bonchev–Trinajstić information content (AvgIpc) is 2.91. The molecule has 35 heavy (non-hydrogen) atoms. The maximum Gasteiger partial charge on any atom is 0.187 e. The zero-order valence-corrected chi connectivity index (χ0v) is 20.7. The van der Waals surface area contributed by atoms with Crippen LogP contribution in [0.5, 0.6) is 0 Å². The lowest BCUT2D eigenvalue weighted by molar-refractivity contribution is 0.104. The lowest BCUT2D eigenvalue weighted by Crippen LogP contribution is -2.24. The molecule has 170 valence electrons. The predicted molar refractivity (Wildman–Crippen MR) is 147 cm³/mol. The summed E-state index contributed by atoms with van der Waals surface area (Å²) in [5.74, 6) is -0.0245. The van der Waals surface area contributed by atoms with E-state index in [9.17, 15) is 4.79 Å². The van der Waals surface area contributed by atoms with E-state index in [0.717, 1.165) is 32.6 Å². The lowest BCUT2D eigenvalue weighted by Gasteiger charge is -2.33. The van der Waals surface area contributed by atoms with Crippen LogP contribution in [0.25, 0.3) is 11.3 Å². The Hall–Kier alpha value is -3.95.